The van der Waals surface area contributed by atoms with Gasteiger partial charge in [-0.1, -0.05) is 6.07 Å². The van der Waals surface area contributed by atoms with Crippen LogP contribution < -0.4 is 5.69 Å². The summed E-state index contributed by atoms with van der Waals surface area (Å²) in [7, 11) is 0. The minimum Gasteiger partial charge on any atom is -0.466 e. The van der Waals surface area contributed by atoms with E-state index in [4.69, 9.17) is 4.74 Å². The van der Waals surface area contributed by atoms with Gasteiger partial charge < -0.3 is 4.74 Å². The monoisotopic (exact) mass is 235 g/mol. The number of rotatable bonds is 4. The number of pyridine rings is 1. The highest BCUT2D eigenvalue weighted by Crippen LogP contribution is 1.96. The van der Waals surface area contributed by atoms with Crippen LogP contribution in [-0.2, 0) is 16.1 Å². The number of aryl methyl sites for hydroxylation is 1. The van der Waals surface area contributed by atoms with Crippen LogP contribution in [0.25, 0.3) is 5.65 Å². The third-order valence-corrected chi connectivity index (χ3v) is 2.32. The van der Waals surface area contributed by atoms with E-state index in [1.807, 2.05) is 0 Å². The van der Waals surface area contributed by atoms with Gasteiger partial charge in [0.15, 0.2) is 5.65 Å². The van der Waals surface area contributed by atoms with Crippen LogP contribution in [0.1, 0.15) is 13.3 Å². The Labute approximate surface area is 97.4 Å². The fourth-order valence-corrected chi connectivity index (χ4v) is 1.54. The summed E-state index contributed by atoms with van der Waals surface area (Å²) in [6.07, 6.45) is 1.79. The average Bonchev–Trinajstić information content (AvgIpc) is 2.65. The molecule has 0 N–H and O–H groups in total. The molecule has 0 radical (unpaired) electrons. The molecule has 6 nitrogen and oxygen atoms in total. The standard InChI is InChI=1S/C11H13N3O3/c1-2-17-10(15)6-8-14-11(16)13-7-4-3-5-9(13)12-14/h3-5,7H,2,6,8H2,1H3. The van der Waals surface area contributed by atoms with Crippen molar-refractivity contribution in [1.82, 2.24) is 14.2 Å². The summed E-state index contributed by atoms with van der Waals surface area (Å²) in [5, 5.41) is 4.10. The second-order valence-corrected chi connectivity index (χ2v) is 3.49. The molecule has 2 heterocycles. The average molecular weight is 235 g/mol. The van der Waals surface area contributed by atoms with Crippen molar-refractivity contribution >= 4 is 11.6 Å². The van der Waals surface area contributed by atoms with E-state index in [2.05, 4.69) is 5.10 Å². The number of nitrogens with zero attached hydrogens (tertiary/aromatic N) is 3. The van der Waals surface area contributed by atoms with Crippen molar-refractivity contribution in [3.05, 3.63) is 34.9 Å². The number of esters is 1. The summed E-state index contributed by atoms with van der Waals surface area (Å²) in [5.74, 6) is -0.323. The molecule has 0 spiro atoms. The number of ether oxygens (including phenoxy) is 1. The zero-order valence-corrected chi connectivity index (χ0v) is 9.50. The van der Waals surface area contributed by atoms with E-state index < -0.39 is 0 Å². The van der Waals surface area contributed by atoms with E-state index in [9.17, 15) is 9.59 Å². The first kappa shape index (κ1) is 11.4. The van der Waals surface area contributed by atoms with Gasteiger partial charge in [0, 0.05) is 6.20 Å². The lowest BCUT2D eigenvalue weighted by Gasteiger charge is -2.00. The normalized spacial score (nSPS) is 10.6. The first-order valence-electron chi connectivity index (χ1n) is 5.42. The van der Waals surface area contributed by atoms with Crippen molar-refractivity contribution in [1.29, 1.82) is 0 Å². The molecule has 0 fully saturated rings. The predicted molar refractivity (Wildman–Crippen MR) is 60.7 cm³/mol. The van der Waals surface area contributed by atoms with Crippen LogP contribution in [0.3, 0.4) is 0 Å². The Morgan fingerprint density at radius 2 is 2.29 bits per heavy atom. The van der Waals surface area contributed by atoms with Gasteiger partial charge in [-0.05, 0) is 19.1 Å². The molecule has 0 unspecified atom stereocenters. The molecule has 90 valence electrons. The topological polar surface area (TPSA) is 65.6 Å². The minimum absolute atomic E-state index is 0.150. The maximum Gasteiger partial charge on any atom is 0.350 e. The third-order valence-electron chi connectivity index (χ3n) is 2.32. The lowest BCUT2D eigenvalue weighted by atomic mass is 10.4. The molecular formula is C11H13N3O3. The molecule has 2 rings (SSSR count). The van der Waals surface area contributed by atoms with Crippen LogP contribution in [0.5, 0.6) is 0 Å². The van der Waals surface area contributed by atoms with Gasteiger partial charge in [0.2, 0.25) is 0 Å². The molecule has 17 heavy (non-hydrogen) atoms. The predicted octanol–water partition coefficient (Wildman–Crippen LogP) is 0.449. The number of aromatic nitrogens is 3. The quantitative estimate of drug-likeness (QED) is 0.722. The molecule has 0 saturated carbocycles. The molecule has 0 aliphatic carbocycles. The van der Waals surface area contributed by atoms with Gasteiger partial charge in [0.1, 0.15) is 0 Å². The molecule has 0 amide bonds. The van der Waals surface area contributed by atoms with Gasteiger partial charge in [0.25, 0.3) is 0 Å². The van der Waals surface area contributed by atoms with Crippen molar-refractivity contribution in [2.75, 3.05) is 6.61 Å². The summed E-state index contributed by atoms with van der Waals surface area (Å²) in [6.45, 7) is 2.33. The Balaban J connectivity index is 2.17. The van der Waals surface area contributed by atoms with E-state index in [0.717, 1.165) is 0 Å². The SMILES string of the molecule is CCOC(=O)CCn1nc2ccccn2c1=O. The number of hydrogen-bond acceptors (Lipinski definition) is 4. The van der Waals surface area contributed by atoms with E-state index in [1.54, 1.807) is 31.3 Å². The van der Waals surface area contributed by atoms with Gasteiger partial charge in [-0.3, -0.25) is 9.20 Å². The first-order valence-corrected chi connectivity index (χ1v) is 5.42. The largest absolute Gasteiger partial charge is 0.466 e. The fourth-order valence-electron chi connectivity index (χ4n) is 1.54. The number of carbonyl (C=O) groups is 1. The number of hydrogen-bond donors (Lipinski definition) is 0. The molecule has 0 aliphatic rings. The van der Waals surface area contributed by atoms with Crippen LogP contribution in [0.4, 0.5) is 0 Å². The van der Waals surface area contributed by atoms with Gasteiger partial charge >= 0.3 is 11.7 Å². The summed E-state index contributed by atoms with van der Waals surface area (Å²) in [4.78, 5) is 23.0. The van der Waals surface area contributed by atoms with Crippen molar-refractivity contribution in [2.45, 2.75) is 19.9 Å². The highest BCUT2D eigenvalue weighted by molar-refractivity contribution is 5.69. The van der Waals surface area contributed by atoms with E-state index in [-0.39, 0.29) is 24.6 Å². The Morgan fingerprint density at radius 1 is 1.47 bits per heavy atom. The Morgan fingerprint density at radius 3 is 3.00 bits per heavy atom. The number of carbonyl (C=O) groups excluding carboxylic acids is 1. The molecular weight excluding hydrogens is 222 g/mol. The lowest BCUT2D eigenvalue weighted by molar-refractivity contribution is -0.143. The second-order valence-electron chi connectivity index (χ2n) is 3.49. The first-order chi connectivity index (χ1) is 8.22. The molecule has 6 heteroatoms. The Bertz CT molecular complexity index is 585. The van der Waals surface area contributed by atoms with Crippen molar-refractivity contribution in [2.24, 2.45) is 0 Å². The molecule has 2 aromatic heterocycles. The van der Waals surface area contributed by atoms with E-state index in [1.165, 1.54) is 9.08 Å². The van der Waals surface area contributed by atoms with Gasteiger partial charge in [0.05, 0.1) is 19.6 Å². The Kier molecular flexibility index (Phi) is 3.22. The van der Waals surface area contributed by atoms with Crippen LogP contribution in [-0.4, -0.2) is 26.8 Å². The van der Waals surface area contributed by atoms with Crippen molar-refractivity contribution < 1.29 is 9.53 Å². The molecule has 0 bridgehead atoms. The molecule has 0 saturated heterocycles. The minimum atomic E-state index is -0.323. The zero-order chi connectivity index (χ0) is 12.3. The van der Waals surface area contributed by atoms with E-state index in [0.29, 0.717) is 12.3 Å². The highest BCUT2D eigenvalue weighted by Gasteiger charge is 2.08. The van der Waals surface area contributed by atoms with Crippen LogP contribution in [0.2, 0.25) is 0 Å². The molecule has 0 aliphatic heterocycles. The van der Waals surface area contributed by atoms with Crippen LogP contribution >= 0.6 is 0 Å². The third kappa shape index (κ3) is 2.35. The summed E-state index contributed by atoms with van der Waals surface area (Å²) in [5.41, 5.74) is 0.325. The van der Waals surface area contributed by atoms with Gasteiger partial charge in [-0.25, -0.2) is 9.48 Å². The fraction of sp³-hybridized carbons (Fsp3) is 0.364. The number of fused-ring (bicyclic) bond motifs is 1. The van der Waals surface area contributed by atoms with Crippen LogP contribution in [0, 0.1) is 0 Å². The Hall–Kier alpha value is -2.11. The summed E-state index contributed by atoms with van der Waals surface area (Å²) in [6, 6.07) is 5.30. The van der Waals surface area contributed by atoms with Gasteiger partial charge in [-0.2, -0.15) is 0 Å². The highest BCUT2D eigenvalue weighted by atomic mass is 16.5. The van der Waals surface area contributed by atoms with Gasteiger partial charge in [-0.15, -0.1) is 5.10 Å². The zero-order valence-electron chi connectivity index (χ0n) is 9.50. The summed E-state index contributed by atoms with van der Waals surface area (Å²) < 4.78 is 7.49. The van der Waals surface area contributed by atoms with Crippen LogP contribution in [0.15, 0.2) is 29.2 Å². The van der Waals surface area contributed by atoms with Crippen molar-refractivity contribution in [3.8, 4) is 0 Å². The maximum absolute atomic E-state index is 11.8. The maximum atomic E-state index is 11.8. The summed E-state index contributed by atoms with van der Waals surface area (Å²) >= 11 is 0. The molecule has 2 aromatic rings. The molecule has 0 atom stereocenters. The smallest absolute Gasteiger partial charge is 0.350 e. The van der Waals surface area contributed by atoms with E-state index >= 15 is 0 Å². The molecule has 0 aromatic carbocycles. The van der Waals surface area contributed by atoms with Crippen molar-refractivity contribution in [3.63, 3.8) is 0 Å². The lowest BCUT2D eigenvalue weighted by Crippen LogP contribution is -2.22. The second kappa shape index (κ2) is 4.82.